The molecule has 116 valence electrons. The maximum absolute atomic E-state index is 11.4. The Bertz CT molecular complexity index is 313. The third-order valence-corrected chi connectivity index (χ3v) is 2.89. The number of carbonyl (C=O) groups is 3. The van der Waals surface area contributed by atoms with Gasteiger partial charge >= 0.3 is 17.9 Å². The standard InChI is InChI=1S/C14H24O6/c1-2-3-4-5-6-7-8-9-13(17)20-11(14(18)19)10-12(15)16/h11H,2-10H2,1H3,(H,15,16)(H,18,19). The van der Waals surface area contributed by atoms with E-state index in [2.05, 4.69) is 11.7 Å². The molecule has 0 saturated heterocycles. The summed E-state index contributed by atoms with van der Waals surface area (Å²) in [6, 6.07) is 0. The van der Waals surface area contributed by atoms with Gasteiger partial charge in [-0.3, -0.25) is 9.59 Å². The minimum absolute atomic E-state index is 0.136. The predicted molar refractivity (Wildman–Crippen MR) is 72.4 cm³/mol. The van der Waals surface area contributed by atoms with Crippen LogP contribution < -0.4 is 0 Å². The van der Waals surface area contributed by atoms with E-state index in [4.69, 9.17) is 10.2 Å². The molecule has 1 unspecified atom stereocenters. The van der Waals surface area contributed by atoms with Crippen molar-refractivity contribution in [3.8, 4) is 0 Å². The Morgan fingerprint density at radius 1 is 0.950 bits per heavy atom. The maximum atomic E-state index is 11.4. The number of carboxylic acid groups (broad SMARTS) is 2. The van der Waals surface area contributed by atoms with Gasteiger partial charge in [0.25, 0.3) is 0 Å². The molecule has 1 atom stereocenters. The average Bonchev–Trinajstić information content (AvgIpc) is 2.36. The topological polar surface area (TPSA) is 101 Å². The summed E-state index contributed by atoms with van der Waals surface area (Å²) in [5.41, 5.74) is 0. The van der Waals surface area contributed by atoms with Gasteiger partial charge in [0.1, 0.15) is 0 Å². The van der Waals surface area contributed by atoms with Gasteiger partial charge in [-0.05, 0) is 6.42 Å². The molecule has 0 rings (SSSR count). The second-order valence-electron chi connectivity index (χ2n) is 4.79. The van der Waals surface area contributed by atoms with Gasteiger partial charge in [-0.15, -0.1) is 0 Å². The molecule has 6 heteroatoms. The SMILES string of the molecule is CCCCCCCCCC(=O)OC(CC(=O)O)C(=O)O. The van der Waals surface area contributed by atoms with Gasteiger partial charge in [-0.1, -0.05) is 45.4 Å². The van der Waals surface area contributed by atoms with Crippen molar-refractivity contribution in [2.75, 3.05) is 0 Å². The monoisotopic (exact) mass is 288 g/mol. The van der Waals surface area contributed by atoms with Gasteiger partial charge in [0.15, 0.2) is 0 Å². The molecule has 0 fully saturated rings. The molecule has 0 aromatic rings. The smallest absolute Gasteiger partial charge is 0.345 e. The summed E-state index contributed by atoms with van der Waals surface area (Å²) in [6.45, 7) is 2.14. The summed E-state index contributed by atoms with van der Waals surface area (Å²) in [5, 5.41) is 17.2. The molecule has 0 aliphatic carbocycles. The highest BCUT2D eigenvalue weighted by molar-refractivity contribution is 5.82. The Labute approximate surface area is 119 Å². The second kappa shape index (κ2) is 11.3. The van der Waals surface area contributed by atoms with Gasteiger partial charge in [-0.25, -0.2) is 4.79 Å². The van der Waals surface area contributed by atoms with Crippen LogP contribution in [0, 0.1) is 0 Å². The fourth-order valence-corrected chi connectivity index (χ4v) is 1.78. The Kier molecular flexibility index (Phi) is 10.4. The number of carboxylic acids is 2. The molecule has 6 nitrogen and oxygen atoms in total. The van der Waals surface area contributed by atoms with Gasteiger partial charge < -0.3 is 14.9 Å². The van der Waals surface area contributed by atoms with E-state index in [1.165, 1.54) is 19.3 Å². The minimum Gasteiger partial charge on any atom is -0.481 e. The van der Waals surface area contributed by atoms with Gasteiger partial charge in [0.05, 0.1) is 6.42 Å². The molecule has 0 aliphatic heterocycles. The van der Waals surface area contributed by atoms with Crippen molar-refractivity contribution in [2.24, 2.45) is 0 Å². The van der Waals surface area contributed by atoms with E-state index in [0.717, 1.165) is 19.3 Å². The number of esters is 1. The molecule has 2 N–H and O–H groups in total. The van der Waals surface area contributed by atoms with Crippen molar-refractivity contribution < 1.29 is 29.3 Å². The van der Waals surface area contributed by atoms with Gasteiger partial charge in [0, 0.05) is 6.42 Å². The fraction of sp³-hybridized carbons (Fsp3) is 0.786. The largest absolute Gasteiger partial charge is 0.481 e. The van der Waals surface area contributed by atoms with Crippen LogP contribution >= 0.6 is 0 Å². The van der Waals surface area contributed by atoms with Crippen molar-refractivity contribution in [1.29, 1.82) is 0 Å². The van der Waals surface area contributed by atoms with Gasteiger partial charge in [-0.2, -0.15) is 0 Å². The van der Waals surface area contributed by atoms with Crippen molar-refractivity contribution in [3.63, 3.8) is 0 Å². The van der Waals surface area contributed by atoms with E-state index in [0.29, 0.717) is 6.42 Å². The Balaban J connectivity index is 3.75. The predicted octanol–water partition coefficient (Wildman–Crippen LogP) is 2.60. The molecule has 0 aliphatic rings. The zero-order chi connectivity index (χ0) is 15.4. The van der Waals surface area contributed by atoms with Crippen LogP contribution in [0.4, 0.5) is 0 Å². The van der Waals surface area contributed by atoms with Gasteiger partial charge in [0.2, 0.25) is 6.10 Å². The zero-order valence-electron chi connectivity index (χ0n) is 12.0. The normalized spacial score (nSPS) is 11.8. The van der Waals surface area contributed by atoms with Crippen LogP contribution in [0.2, 0.25) is 0 Å². The highest BCUT2D eigenvalue weighted by Gasteiger charge is 2.24. The molecular weight excluding hydrogens is 264 g/mol. The van der Waals surface area contributed by atoms with Crippen LogP contribution in [-0.4, -0.2) is 34.2 Å². The van der Waals surface area contributed by atoms with Crippen LogP contribution in [0.5, 0.6) is 0 Å². The average molecular weight is 288 g/mol. The number of rotatable bonds is 12. The quantitative estimate of drug-likeness (QED) is 0.423. The van der Waals surface area contributed by atoms with Crippen LogP contribution in [0.3, 0.4) is 0 Å². The summed E-state index contributed by atoms with van der Waals surface area (Å²) < 4.78 is 4.65. The third kappa shape index (κ3) is 10.3. The van der Waals surface area contributed by atoms with Crippen LogP contribution in [0.15, 0.2) is 0 Å². The Morgan fingerprint density at radius 3 is 2.00 bits per heavy atom. The molecule has 0 bridgehead atoms. The number of unbranched alkanes of at least 4 members (excludes halogenated alkanes) is 6. The van der Waals surface area contributed by atoms with Crippen LogP contribution in [0.25, 0.3) is 0 Å². The van der Waals surface area contributed by atoms with Crippen molar-refractivity contribution >= 4 is 17.9 Å². The van der Waals surface area contributed by atoms with E-state index in [-0.39, 0.29) is 6.42 Å². The second-order valence-corrected chi connectivity index (χ2v) is 4.79. The first kappa shape index (κ1) is 18.4. The molecule has 0 aromatic carbocycles. The summed E-state index contributed by atoms with van der Waals surface area (Å²) in [7, 11) is 0. The first-order chi connectivity index (χ1) is 9.47. The number of aliphatic carboxylic acids is 2. The van der Waals surface area contributed by atoms with Crippen LogP contribution in [0.1, 0.15) is 64.7 Å². The van der Waals surface area contributed by atoms with Crippen molar-refractivity contribution in [2.45, 2.75) is 70.8 Å². The first-order valence-electron chi connectivity index (χ1n) is 7.11. The number of hydrogen-bond acceptors (Lipinski definition) is 4. The van der Waals surface area contributed by atoms with Crippen molar-refractivity contribution in [3.05, 3.63) is 0 Å². The lowest BCUT2D eigenvalue weighted by molar-refractivity contribution is -0.167. The third-order valence-electron chi connectivity index (χ3n) is 2.89. The van der Waals surface area contributed by atoms with Crippen LogP contribution in [-0.2, 0) is 19.1 Å². The molecule has 0 aromatic heterocycles. The Hall–Kier alpha value is -1.59. The van der Waals surface area contributed by atoms with E-state index >= 15 is 0 Å². The fourth-order valence-electron chi connectivity index (χ4n) is 1.78. The number of carbonyl (C=O) groups excluding carboxylic acids is 1. The molecular formula is C14H24O6. The molecule has 0 amide bonds. The van der Waals surface area contributed by atoms with E-state index < -0.39 is 30.4 Å². The summed E-state index contributed by atoms with van der Waals surface area (Å²) in [5.74, 6) is -3.38. The lowest BCUT2D eigenvalue weighted by Crippen LogP contribution is -2.29. The highest BCUT2D eigenvalue weighted by atomic mass is 16.6. The molecule has 0 heterocycles. The van der Waals surface area contributed by atoms with Crippen molar-refractivity contribution in [1.82, 2.24) is 0 Å². The zero-order valence-corrected chi connectivity index (χ0v) is 12.0. The lowest BCUT2D eigenvalue weighted by atomic mass is 10.1. The number of ether oxygens (including phenoxy) is 1. The maximum Gasteiger partial charge on any atom is 0.345 e. The van der Waals surface area contributed by atoms with E-state index in [1.807, 2.05) is 0 Å². The summed E-state index contributed by atoms with van der Waals surface area (Å²) >= 11 is 0. The lowest BCUT2D eigenvalue weighted by Gasteiger charge is -2.11. The summed E-state index contributed by atoms with van der Waals surface area (Å²) in [4.78, 5) is 32.5. The van der Waals surface area contributed by atoms with E-state index in [1.54, 1.807) is 0 Å². The molecule has 0 saturated carbocycles. The Morgan fingerprint density at radius 2 is 1.50 bits per heavy atom. The highest BCUT2D eigenvalue weighted by Crippen LogP contribution is 2.10. The molecule has 20 heavy (non-hydrogen) atoms. The molecule has 0 spiro atoms. The minimum atomic E-state index is -1.59. The molecule has 0 radical (unpaired) electrons. The summed E-state index contributed by atoms with van der Waals surface area (Å²) in [6.07, 6.45) is 5.16. The van der Waals surface area contributed by atoms with E-state index in [9.17, 15) is 14.4 Å². The first-order valence-corrected chi connectivity index (χ1v) is 7.11. The number of hydrogen-bond donors (Lipinski definition) is 2.